The number of carbonyl (C=O) groups is 2. The van der Waals surface area contributed by atoms with Gasteiger partial charge in [-0.15, -0.1) is 0 Å². The van der Waals surface area contributed by atoms with Crippen molar-refractivity contribution in [2.45, 2.75) is 32.1 Å². The zero-order chi connectivity index (χ0) is 18.4. The molecule has 2 aromatic carbocycles. The molecule has 6 heteroatoms. The van der Waals surface area contributed by atoms with Crippen LogP contribution in [-0.2, 0) is 16.0 Å². The van der Waals surface area contributed by atoms with Crippen LogP contribution in [0.15, 0.2) is 53.6 Å². The molecule has 0 saturated carbocycles. The second kappa shape index (κ2) is 8.63. The molecule has 0 aromatic heterocycles. The fourth-order valence-corrected chi connectivity index (χ4v) is 3.09. The summed E-state index contributed by atoms with van der Waals surface area (Å²) in [6.07, 6.45) is 3.02. The number of carbonyl (C=O) groups excluding carboxylic acids is 2. The summed E-state index contributed by atoms with van der Waals surface area (Å²) in [5.74, 6) is -0.543. The van der Waals surface area contributed by atoms with Crippen LogP contribution in [0.3, 0.4) is 0 Å². The van der Waals surface area contributed by atoms with Gasteiger partial charge in [0.05, 0.1) is 16.4 Å². The van der Waals surface area contributed by atoms with Gasteiger partial charge in [0.25, 0.3) is 0 Å². The zero-order valence-electron chi connectivity index (χ0n) is 14.3. The van der Waals surface area contributed by atoms with Crippen LogP contribution in [0.4, 0.5) is 5.69 Å². The lowest BCUT2D eigenvalue weighted by Crippen LogP contribution is -2.23. The minimum Gasteiger partial charge on any atom is -0.325 e. The smallest absolute Gasteiger partial charge is 0.240 e. The van der Waals surface area contributed by atoms with Crippen molar-refractivity contribution in [2.24, 2.45) is 5.10 Å². The second-order valence-corrected chi connectivity index (χ2v) is 6.54. The van der Waals surface area contributed by atoms with Gasteiger partial charge in [0.2, 0.25) is 11.8 Å². The highest BCUT2D eigenvalue weighted by atomic mass is 35.5. The maximum absolute atomic E-state index is 12.0. The molecule has 0 atom stereocenters. The molecular weight excluding hydrogens is 350 g/mol. The van der Waals surface area contributed by atoms with Gasteiger partial charge in [-0.05, 0) is 37.0 Å². The molecule has 0 unspecified atom stereocenters. The maximum Gasteiger partial charge on any atom is 0.240 e. The Morgan fingerprint density at radius 2 is 1.69 bits per heavy atom. The fourth-order valence-electron chi connectivity index (χ4n) is 2.90. The van der Waals surface area contributed by atoms with E-state index < -0.39 is 0 Å². The van der Waals surface area contributed by atoms with Crippen LogP contribution in [0.5, 0.6) is 0 Å². The third kappa shape index (κ3) is 4.70. The van der Waals surface area contributed by atoms with Gasteiger partial charge in [0, 0.05) is 18.4 Å². The Labute approximate surface area is 157 Å². The summed E-state index contributed by atoms with van der Waals surface area (Å²) in [6.45, 7) is 0. The molecule has 0 bridgehead atoms. The Morgan fingerprint density at radius 3 is 2.54 bits per heavy atom. The van der Waals surface area contributed by atoms with E-state index in [1.165, 1.54) is 5.56 Å². The SMILES string of the molecule is O=C(CCC(=O)Nc1ccccc1Cl)N/N=C1/CCCc2ccccc21. The zero-order valence-corrected chi connectivity index (χ0v) is 15.1. The highest BCUT2D eigenvalue weighted by molar-refractivity contribution is 6.33. The van der Waals surface area contributed by atoms with Crippen LogP contribution in [-0.4, -0.2) is 17.5 Å². The summed E-state index contributed by atoms with van der Waals surface area (Å²) in [5.41, 5.74) is 6.35. The summed E-state index contributed by atoms with van der Waals surface area (Å²) < 4.78 is 0. The van der Waals surface area contributed by atoms with Crippen molar-refractivity contribution in [3.63, 3.8) is 0 Å². The van der Waals surface area contributed by atoms with Crippen LogP contribution < -0.4 is 10.7 Å². The number of hydrogen-bond acceptors (Lipinski definition) is 3. The van der Waals surface area contributed by atoms with E-state index in [9.17, 15) is 9.59 Å². The number of anilines is 1. The molecule has 26 heavy (non-hydrogen) atoms. The quantitative estimate of drug-likeness (QED) is 0.784. The number of hydrogen-bond donors (Lipinski definition) is 2. The van der Waals surface area contributed by atoms with Gasteiger partial charge in [0.1, 0.15) is 0 Å². The molecule has 1 aliphatic carbocycles. The van der Waals surface area contributed by atoms with Gasteiger partial charge in [-0.3, -0.25) is 9.59 Å². The van der Waals surface area contributed by atoms with E-state index in [4.69, 9.17) is 11.6 Å². The van der Waals surface area contributed by atoms with Gasteiger partial charge in [-0.25, -0.2) is 5.43 Å². The number of nitrogens with one attached hydrogen (secondary N) is 2. The third-order valence-corrected chi connectivity index (χ3v) is 4.56. The molecular formula is C20H20ClN3O2. The molecule has 0 aliphatic heterocycles. The first-order valence-corrected chi connectivity index (χ1v) is 8.99. The molecule has 134 valence electrons. The predicted octanol–water partition coefficient (Wildman–Crippen LogP) is 3.92. The Balaban J connectivity index is 1.51. The van der Waals surface area contributed by atoms with Crippen LogP contribution in [0.1, 0.15) is 36.8 Å². The van der Waals surface area contributed by atoms with Gasteiger partial charge >= 0.3 is 0 Å². The van der Waals surface area contributed by atoms with E-state index in [1.54, 1.807) is 24.3 Å². The normalized spacial score (nSPS) is 14.6. The summed E-state index contributed by atoms with van der Waals surface area (Å²) in [6, 6.07) is 15.1. The Hall–Kier alpha value is -2.66. The molecule has 2 amide bonds. The fraction of sp³-hybridized carbons (Fsp3) is 0.250. The molecule has 2 N–H and O–H groups in total. The molecule has 3 rings (SSSR count). The summed E-state index contributed by atoms with van der Waals surface area (Å²) >= 11 is 6.00. The minimum atomic E-state index is -0.283. The summed E-state index contributed by atoms with van der Waals surface area (Å²) in [4.78, 5) is 24.0. The van der Waals surface area contributed by atoms with Crippen molar-refractivity contribution in [1.82, 2.24) is 5.43 Å². The lowest BCUT2D eigenvalue weighted by Gasteiger charge is -2.17. The Kier molecular flexibility index (Phi) is 6.02. The Bertz CT molecular complexity index is 848. The standard InChI is InChI=1S/C20H20ClN3O2/c21-16-9-3-4-10-18(16)22-19(25)12-13-20(26)24-23-17-11-5-7-14-6-1-2-8-15(14)17/h1-4,6,8-10H,5,7,11-13H2,(H,22,25)(H,24,26)/b23-17-. The van der Waals surface area contributed by atoms with Crippen molar-refractivity contribution in [3.05, 3.63) is 64.7 Å². The van der Waals surface area contributed by atoms with Crippen LogP contribution in [0, 0.1) is 0 Å². The van der Waals surface area contributed by atoms with Crippen LogP contribution in [0.2, 0.25) is 5.02 Å². The molecule has 0 fully saturated rings. The number of fused-ring (bicyclic) bond motifs is 1. The molecule has 0 heterocycles. The van der Waals surface area contributed by atoms with Gasteiger partial charge in [0.15, 0.2) is 0 Å². The van der Waals surface area contributed by atoms with E-state index >= 15 is 0 Å². The average Bonchev–Trinajstić information content (AvgIpc) is 2.66. The first-order chi connectivity index (χ1) is 12.6. The lowest BCUT2D eigenvalue weighted by atomic mass is 9.90. The number of benzene rings is 2. The van der Waals surface area contributed by atoms with E-state index in [-0.39, 0.29) is 24.7 Å². The monoisotopic (exact) mass is 369 g/mol. The number of rotatable bonds is 5. The van der Waals surface area contributed by atoms with E-state index in [0.717, 1.165) is 30.5 Å². The summed E-state index contributed by atoms with van der Waals surface area (Å²) in [5, 5.41) is 7.43. The first-order valence-electron chi connectivity index (χ1n) is 8.61. The molecule has 2 aromatic rings. The van der Waals surface area contributed by atoms with Crippen molar-refractivity contribution in [3.8, 4) is 0 Å². The van der Waals surface area contributed by atoms with Gasteiger partial charge < -0.3 is 5.32 Å². The molecule has 0 radical (unpaired) electrons. The Morgan fingerprint density at radius 1 is 0.962 bits per heavy atom. The average molecular weight is 370 g/mol. The van der Waals surface area contributed by atoms with Crippen molar-refractivity contribution in [1.29, 1.82) is 0 Å². The van der Waals surface area contributed by atoms with Crippen molar-refractivity contribution < 1.29 is 9.59 Å². The van der Waals surface area contributed by atoms with Crippen molar-refractivity contribution >= 4 is 34.8 Å². The third-order valence-electron chi connectivity index (χ3n) is 4.23. The topological polar surface area (TPSA) is 70.6 Å². The lowest BCUT2D eigenvalue weighted by molar-refractivity contribution is -0.124. The van der Waals surface area contributed by atoms with Crippen molar-refractivity contribution in [2.75, 3.05) is 5.32 Å². The maximum atomic E-state index is 12.0. The second-order valence-electron chi connectivity index (χ2n) is 6.13. The van der Waals surface area contributed by atoms with Gasteiger partial charge in [-0.1, -0.05) is 48.0 Å². The van der Waals surface area contributed by atoms with E-state index in [0.29, 0.717) is 10.7 Å². The number of amides is 2. The number of para-hydroxylation sites is 1. The van der Waals surface area contributed by atoms with E-state index in [2.05, 4.69) is 21.9 Å². The molecule has 0 saturated heterocycles. The highest BCUT2D eigenvalue weighted by Gasteiger charge is 2.15. The number of hydrazone groups is 1. The van der Waals surface area contributed by atoms with Crippen LogP contribution >= 0.6 is 11.6 Å². The number of aryl methyl sites for hydroxylation is 1. The first kappa shape index (κ1) is 18.1. The van der Waals surface area contributed by atoms with Crippen LogP contribution in [0.25, 0.3) is 0 Å². The summed E-state index contributed by atoms with van der Waals surface area (Å²) in [7, 11) is 0. The predicted molar refractivity (Wildman–Crippen MR) is 103 cm³/mol. The highest BCUT2D eigenvalue weighted by Crippen LogP contribution is 2.21. The number of nitrogens with zero attached hydrogens (tertiary/aromatic N) is 1. The molecule has 0 spiro atoms. The minimum absolute atomic E-state index is 0.0642. The van der Waals surface area contributed by atoms with E-state index in [1.807, 2.05) is 18.2 Å². The number of halogens is 1. The molecule has 5 nitrogen and oxygen atoms in total. The molecule has 1 aliphatic rings. The van der Waals surface area contributed by atoms with Gasteiger partial charge in [-0.2, -0.15) is 5.10 Å². The largest absolute Gasteiger partial charge is 0.325 e.